The van der Waals surface area contributed by atoms with E-state index in [9.17, 15) is 14.4 Å². The molecule has 1 aliphatic heterocycles. The smallest absolute Gasteiger partial charge is 0.467 e. The van der Waals surface area contributed by atoms with E-state index in [1.807, 2.05) is 52.0 Å². The molecule has 0 unspecified atom stereocenters. The topological polar surface area (TPSA) is 128 Å². The van der Waals surface area contributed by atoms with Gasteiger partial charge in [-0.15, -0.1) is 0 Å². The number of hydrogen-bond donors (Lipinski definition) is 1. The van der Waals surface area contributed by atoms with Crippen molar-refractivity contribution in [2.75, 3.05) is 19.5 Å². The van der Waals surface area contributed by atoms with Crippen LogP contribution in [0.25, 0.3) is 0 Å². The number of nitrogens with one attached hydrogen (secondary N) is 1. The number of rotatable bonds is 11. The van der Waals surface area contributed by atoms with Crippen LogP contribution in [0.2, 0.25) is 0 Å². The van der Waals surface area contributed by atoms with E-state index in [2.05, 4.69) is 5.32 Å². The lowest BCUT2D eigenvalue weighted by Crippen LogP contribution is -2.41. The second-order valence-electron chi connectivity index (χ2n) is 10.6. The molecule has 2 aromatic rings. The molecule has 222 valence electrons. The molecule has 1 N–H and O–H groups in total. The standard InChI is InChI=1S/C29H38BNO10/c1-18(24(32)35-7)38-26(39-19(2)25(33)36-8)21-11-15-23(16-12-21)31-27(34)37-17-20-9-13-22(14-10-20)30-40-28(3,4)29(5,6)41-30/h9-16,18-19,26H,17H2,1-8H3,(H,31,34)/t18-,19-/m0/s1. The first-order valence-corrected chi connectivity index (χ1v) is 13.2. The number of amides is 1. The van der Waals surface area contributed by atoms with Crippen molar-refractivity contribution in [3.8, 4) is 0 Å². The monoisotopic (exact) mass is 571 g/mol. The molecule has 3 rings (SSSR count). The van der Waals surface area contributed by atoms with E-state index >= 15 is 0 Å². The average molecular weight is 571 g/mol. The van der Waals surface area contributed by atoms with Crippen LogP contribution in [0, 0.1) is 0 Å². The van der Waals surface area contributed by atoms with Gasteiger partial charge >= 0.3 is 25.2 Å². The number of carbonyl (C=O) groups is 3. The molecule has 0 radical (unpaired) electrons. The molecular weight excluding hydrogens is 533 g/mol. The van der Waals surface area contributed by atoms with Gasteiger partial charge in [0, 0.05) is 11.3 Å². The fourth-order valence-electron chi connectivity index (χ4n) is 3.78. The van der Waals surface area contributed by atoms with Gasteiger partial charge in [0.15, 0.2) is 18.5 Å². The van der Waals surface area contributed by atoms with E-state index in [1.54, 1.807) is 24.3 Å². The molecule has 0 spiro atoms. The van der Waals surface area contributed by atoms with Crippen molar-refractivity contribution in [2.45, 2.75) is 77.8 Å². The predicted molar refractivity (Wildman–Crippen MR) is 150 cm³/mol. The Morgan fingerprint density at radius 3 is 1.76 bits per heavy atom. The highest BCUT2D eigenvalue weighted by Crippen LogP contribution is 2.36. The second kappa shape index (κ2) is 13.5. The lowest BCUT2D eigenvalue weighted by atomic mass is 9.79. The van der Waals surface area contributed by atoms with Gasteiger partial charge in [0.2, 0.25) is 0 Å². The Hall–Kier alpha value is -3.45. The van der Waals surface area contributed by atoms with Crippen molar-refractivity contribution in [1.82, 2.24) is 0 Å². The third-order valence-corrected chi connectivity index (χ3v) is 7.03. The first kappa shape index (κ1) is 32.1. The number of anilines is 1. The van der Waals surface area contributed by atoms with Crippen LogP contribution in [-0.4, -0.2) is 62.8 Å². The van der Waals surface area contributed by atoms with Crippen molar-refractivity contribution in [3.05, 3.63) is 59.7 Å². The van der Waals surface area contributed by atoms with Crippen molar-refractivity contribution in [3.63, 3.8) is 0 Å². The van der Waals surface area contributed by atoms with Crippen LogP contribution in [0.4, 0.5) is 10.5 Å². The minimum absolute atomic E-state index is 0.0636. The number of ether oxygens (including phenoxy) is 5. The Morgan fingerprint density at radius 1 is 0.805 bits per heavy atom. The molecule has 12 heteroatoms. The predicted octanol–water partition coefficient (Wildman–Crippen LogP) is 3.89. The molecule has 1 aliphatic rings. The molecule has 0 saturated carbocycles. The molecule has 2 aromatic carbocycles. The fraction of sp³-hybridized carbons (Fsp3) is 0.483. The maximum absolute atomic E-state index is 12.4. The zero-order valence-corrected chi connectivity index (χ0v) is 24.7. The minimum atomic E-state index is -1.08. The summed E-state index contributed by atoms with van der Waals surface area (Å²) in [7, 11) is 2.01. The molecule has 1 fully saturated rings. The largest absolute Gasteiger partial charge is 0.494 e. The van der Waals surface area contributed by atoms with Gasteiger partial charge in [0.1, 0.15) is 6.61 Å². The van der Waals surface area contributed by atoms with Crippen LogP contribution in [0.3, 0.4) is 0 Å². The Labute approximate surface area is 240 Å². The van der Waals surface area contributed by atoms with Crippen LogP contribution < -0.4 is 10.8 Å². The first-order valence-electron chi connectivity index (χ1n) is 13.2. The summed E-state index contributed by atoms with van der Waals surface area (Å²) < 4.78 is 38.3. The first-order chi connectivity index (χ1) is 19.3. The van der Waals surface area contributed by atoms with E-state index in [4.69, 9.17) is 33.0 Å². The summed E-state index contributed by atoms with van der Waals surface area (Å²) >= 11 is 0. The van der Waals surface area contributed by atoms with Crippen molar-refractivity contribution in [1.29, 1.82) is 0 Å². The maximum atomic E-state index is 12.4. The fourth-order valence-corrected chi connectivity index (χ4v) is 3.78. The molecule has 1 amide bonds. The van der Waals surface area contributed by atoms with E-state index in [-0.39, 0.29) is 6.61 Å². The summed E-state index contributed by atoms with van der Waals surface area (Å²) in [4.78, 5) is 36.1. The Bertz CT molecular complexity index is 1160. The molecule has 11 nitrogen and oxygen atoms in total. The van der Waals surface area contributed by atoms with Gasteiger partial charge < -0.3 is 33.0 Å². The summed E-state index contributed by atoms with van der Waals surface area (Å²) in [5, 5.41) is 2.66. The number of esters is 2. The van der Waals surface area contributed by atoms with Gasteiger partial charge in [-0.05, 0) is 64.7 Å². The van der Waals surface area contributed by atoms with E-state index < -0.39 is 54.9 Å². The molecular formula is C29H38BNO10. The van der Waals surface area contributed by atoms with Gasteiger partial charge in [0.25, 0.3) is 0 Å². The van der Waals surface area contributed by atoms with Crippen molar-refractivity contribution < 1.29 is 47.4 Å². The Kier molecular flexibility index (Phi) is 10.5. The molecule has 0 aliphatic carbocycles. The second-order valence-corrected chi connectivity index (χ2v) is 10.6. The van der Waals surface area contributed by atoms with Crippen LogP contribution in [-0.2, 0) is 49.2 Å². The highest BCUT2D eigenvalue weighted by molar-refractivity contribution is 6.62. The third-order valence-electron chi connectivity index (χ3n) is 7.03. The summed E-state index contributed by atoms with van der Waals surface area (Å²) in [6.45, 7) is 11.1. The summed E-state index contributed by atoms with van der Waals surface area (Å²) in [6.07, 6.45) is -3.66. The highest BCUT2D eigenvalue weighted by atomic mass is 16.7. The minimum Gasteiger partial charge on any atom is -0.467 e. The molecule has 1 saturated heterocycles. The maximum Gasteiger partial charge on any atom is 0.494 e. The molecule has 2 atom stereocenters. The van der Waals surface area contributed by atoms with Gasteiger partial charge in [-0.3, -0.25) is 5.32 Å². The van der Waals surface area contributed by atoms with Crippen molar-refractivity contribution in [2.24, 2.45) is 0 Å². The lowest BCUT2D eigenvalue weighted by Gasteiger charge is -2.32. The van der Waals surface area contributed by atoms with Gasteiger partial charge in [-0.25, -0.2) is 14.4 Å². The number of carbonyl (C=O) groups excluding carboxylic acids is 3. The number of benzene rings is 2. The lowest BCUT2D eigenvalue weighted by molar-refractivity contribution is -0.211. The molecule has 0 bridgehead atoms. The zero-order valence-electron chi connectivity index (χ0n) is 24.7. The summed E-state index contributed by atoms with van der Waals surface area (Å²) in [5.74, 6) is -1.21. The van der Waals surface area contributed by atoms with Gasteiger partial charge in [-0.2, -0.15) is 0 Å². The molecule has 41 heavy (non-hydrogen) atoms. The highest BCUT2D eigenvalue weighted by Gasteiger charge is 2.51. The number of methoxy groups -OCH3 is 2. The average Bonchev–Trinajstić information content (AvgIpc) is 3.17. The Balaban J connectivity index is 1.56. The number of hydrogen-bond acceptors (Lipinski definition) is 10. The van der Waals surface area contributed by atoms with Crippen LogP contribution in [0.1, 0.15) is 59.0 Å². The van der Waals surface area contributed by atoms with Gasteiger partial charge in [0.05, 0.1) is 25.4 Å². The summed E-state index contributed by atoms with van der Waals surface area (Å²) in [6, 6.07) is 14.0. The van der Waals surface area contributed by atoms with E-state index in [1.165, 1.54) is 28.1 Å². The Morgan fingerprint density at radius 2 is 1.29 bits per heavy atom. The third kappa shape index (κ3) is 8.29. The van der Waals surface area contributed by atoms with Crippen LogP contribution >= 0.6 is 0 Å². The quantitative estimate of drug-likeness (QED) is 0.184. The van der Waals surface area contributed by atoms with Gasteiger partial charge in [-0.1, -0.05) is 36.4 Å². The molecule has 0 aromatic heterocycles. The zero-order chi connectivity index (χ0) is 30.4. The van der Waals surface area contributed by atoms with Crippen LogP contribution in [0.5, 0.6) is 0 Å². The van der Waals surface area contributed by atoms with Crippen LogP contribution in [0.15, 0.2) is 48.5 Å². The van der Waals surface area contributed by atoms with E-state index in [0.717, 1.165) is 11.0 Å². The normalized spacial score (nSPS) is 17.0. The SMILES string of the molecule is COC(=O)[C@H](C)OC(O[C@@H](C)C(=O)OC)c1ccc(NC(=O)OCc2ccc(B3OC(C)(C)C(C)(C)O3)cc2)cc1. The summed E-state index contributed by atoms with van der Waals surface area (Å²) in [5.41, 5.74) is 1.77. The molecule has 1 heterocycles. The van der Waals surface area contributed by atoms with E-state index in [0.29, 0.717) is 11.3 Å². The van der Waals surface area contributed by atoms with Crippen molar-refractivity contribution >= 4 is 36.3 Å².